The summed E-state index contributed by atoms with van der Waals surface area (Å²) in [4.78, 5) is 1.97. The Labute approximate surface area is 190 Å². The van der Waals surface area contributed by atoms with Crippen LogP contribution in [0.4, 0.5) is 4.39 Å². The van der Waals surface area contributed by atoms with Crippen molar-refractivity contribution < 1.29 is 21.2 Å². The number of halogens is 1. The lowest BCUT2D eigenvalue weighted by molar-refractivity contribution is 0.282. The third-order valence-corrected chi connectivity index (χ3v) is 10.3. The first-order valence-corrected chi connectivity index (χ1v) is 14.0. The van der Waals surface area contributed by atoms with Gasteiger partial charge in [-0.05, 0) is 62.3 Å². The van der Waals surface area contributed by atoms with Crippen molar-refractivity contribution in [3.8, 4) is 0 Å². The molecule has 0 spiro atoms. The maximum Gasteiger partial charge on any atom is 0.183 e. The number of benzene rings is 2. The van der Waals surface area contributed by atoms with E-state index in [9.17, 15) is 21.2 Å². The minimum atomic E-state index is -3.96. The average Bonchev–Trinajstić information content (AvgIpc) is 3.05. The molecule has 0 saturated carbocycles. The van der Waals surface area contributed by atoms with Crippen molar-refractivity contribution >= 4 is 19.7 Å². The quantitative estimate of drug-likeness (QED) is 0.582. The first-order valence-electron chi connectivity index (χ1n) is 10.6. The third-order valence-electron chi connectivity index (χ3n) is 6.13. The first kappa shape index (κ1) is 24.8. The summed E-state index contributed by atoms with van der Waals surface area (Å²) in [5.41, 5.74) is 2.50. The molecule has 0 radical (unpaired) electrons. The van der Waals surface area contributed by atoms with Crippen LogP contribution in [-0.4, -0.2) is 65.2 Å². The van der Waals surface area contributed by atoms with Crippen LogP contribution in [0.25, 0.3) is 0 Å². The van der Waals surface area contributed by atoms with Crippen LogP contribution in [0.15, 0.2) is 47.4 Å². The van der Waals surface area contributed by atoms with Gasteiger partial charge in [-0.25, -0.2) is 21.2 Å². The Kier molecular flexibility index (Phi) is 7.44. The van der Waals surface area contributed by atoms with Gasteiger partial charge in [0.1, 0.15) is 5.82 Å². The molecule has 3 rings (SSSR count). The summed E-state index contributed by atoms with van der Waals surface area (Å²) in [5.74, 6) is -1.19. The Morgan fingerprint density at radius 1 is 1.12 bits per heavy atom. The second kappa shape index (κ2) is 9.59. The molecule has 1 aliphatic heterocycles. The van der Waals surface area contributed by atoms with E-state index in [2.05, 4.69) is 24.4 Å². The van der Waals surface area contributed by atoms with Crippen molar-refractivity contribution in [2.45, 2.75) is 42.5 Å². The van der Waals surface area contributed by atoms with Gasteiger partial charge in [0.15, 0.2) is 19.7 Å². The largest absolute Gasteiger partial charge is 0.310 e. The second-order valence-electron chi connectivity index (χ2n) is 8.66. The Morgan fingerprint density at radius 2 is 1.78 bits per heavy atom. The average molecular weight is 483 g/mol. The minimum absolute atomic E-state index is 0.0513. The highest BCUT2D eigenvalue weighted by Gasteiger charge is 2.46. The highest BCUT2D eigenvalue weighted by molar-refractivity contribution is 7.96. The molecule has 0 amide bonds. The summed E-state index contributed by atoms with van der Waals surface area (Å²) in [6, 6.07) is 11.0. The van der Waals surface area contributed by atoms with Crippen molar-refractivity contribution in [1.29, 1.82) is 0 Å². The second-order valence-corrected chi connectivity index (χ2v) is 13.0. The summed E-state index contributed by atoms with van der Waals surface area (Å²) < 4.78 is 65.0. The molecule has 1 unspecified atom stereocenters. The molecule has 6 nitrogen and oxygen atoms in total. The van der Waals surface area contributed by atoms with E-state index in [-0.39, 0.29) is 22.3 Å². The van der Waals surface area contributed by atoms with Crippen LogP contribution in [0.5, 0.6) is 0 Å². The number of likely N-dealkylation sites (N-methyl/N-ethyl adjacent to an activating group) is 1. The standard InChI is InChI=1S/C23H31FN2O4S2/c1-5-17-6-8-18(9-7-17)22(26(3)4)13-25-21-14-31(27,28)15-23(21)32(29,30)19-10-11-20(24)16(2)12-19/h6-12,21-23,25H,5,13-15H2,1-4H3/t21-,22?,23-/m0/s1. The van der Waals surface area contributed by atoms with Gasteiger partial charge < -0.3 is 10.2 Å². The van der Waals surface area contributed by atoms with E-state index >= 15 is 0 Å². The summed E-state index contributed by atoms with van der Waals surface area (Å²) in [6.45, 7) is 3.97. The topological polar surface area (TPSA) is 83.5 Å². The fraction of sp³-hybridized carbons (Fsp3) is 0.478. The van der Waals surface area contributed by atoms with Crippen molar-refractivity contribution in [1.82, 2.24) is 10.2 Å². The van der Waals surface area contributed by atoms with E-state index in [1.165, 1.54) is 24.6 Å². The van der Waals surface area contributed by atoms with Crippen LogP contribution in [0.2, 0.25) is 0 Å². The monoisotopic (exact) mass is 482 g/mol. The van der Waals surface area contributed by atoms with Crippen LogP contribution >= 0.6 is 0 Å². The number of hydrogen-bond donors (Lipinski definition) is 1. The molecule has 1 aliphatic rings. The molecule has 176 valence electrons. The normalized spacial score (nSPS) is 21.7. The van der Waals surface area contributed by atoms with Gasteiger partial charge in [-0.3, -0.25) is 0 Å². The number of nitrogens with one attached hydrogen (secondary N) is 1. The Bertz CT molecular complexity index is 1160. The molecule has 0 bridgehead atoms. The van der Waals surface area contributed by atoms with Crippen molar-refractivity contribution in [2.24, 2.45) is 0 Å². The molecule has 0 aliphatic carbocycles. The van der Waals surface area contributed by atoms with Crippen LogP contribution < -0.4 is 5.32 Å². The van der Waals surface area contributed by atoms with Gasteiger partial charge in [-0.2, -0.15) is 0 Å². The van der Waals surface area contributed by atoms with Crippen LogP contribution in [0.3, 0.4) is 0 Å². The number of sulfone groups is 2. The smallest absolute Gasteiger partial charge is 0.183 e. The molecular weight excluding hydrogens is 451 g/mol. The van der Waals surface area contributed by atoms with E-state index in [0.717, 1.165) is 18.1 Å². The maximum atomic E-state index is 13.7. The highest BCUT2D eigenvalue weighted by Crippen LogP contribution is 2.28. The van der Waals surface area contributed by atoms with Crippen LogP contribution in [-0.2, 0) is 26.1 Å². The molecule has 1 saturated heterocycles. The summed E-state index contributed by atoms with van der Waals surface area (Å²) >= 11 is 0. The van der Waals surface area contributed by atoms with E-state index in [0.29, 0.717) is 6.54 Å². The molecule has 3 atom stereocenters. The Balaban J connectivity index is 1.85. The van der Waals surface area contributed by atoms with Gasteiger partial charge >= 0.3 is 0 Å². The lowest BCUT2D eigenvalue weighted by Crippen LogP contribution is -2.46. The fourth-order valence-corrected chi connectivity index (χ4v) is 8.92. The molecule has 32 heavy (non-hydrogen) atoms. The van der Waals surface area contributed by atoms with Crippen LogP contribution in [0, 0.1) is 12.7 Å². The predicted molar refractivity (Wildman–Crippen MR) is 125 cm³/mol. The minimum Gasteiger partial charge on any atom is -0.310 e. The molecular formula is C23H31FN2O4S2. The van der Waals surface area contributed by atoms with Gasteiger partial charge in [-0.15, -0.1) is 0 Å². The predicted octanol–water partition coefficient (Wildman–Crippen LogP) is 2.53. The lowest BCUT2D eigenvalue weighted by atomic mass is 10.0. The zero-order valence-corrected chi connectivity index (χ0v) is 20.5. The van der Waals surface area contributed by atoms with Crippen molar-refractivity contribution in [3.63, 3.8) is 0 Å². The number of nitrogens with zero attached hydrogens (tertiary/aromatic N) is 1. The number of hydrogen-bond acceptors (Lipinski definition) is 6. The zero-order valence-electron chi connectivity index (χ0n) is 18.9. The fourth-order valence-electron chi connectivity index (χ4n) is 4.12. The van der Waals surface area contributed by atoms with Gasteiger partial charge in [0.25, 0.3) is 0 Å². The Hall–Kier alpha value is -1.81. The molecule has 2 aromatic carbocycles. The number of rotatable bonds is 8. The van der Waals surface area contributed by atoms with E-state index in [1.54, 1.807) is 0 Å². The summed E-state index contributed by atoms with van der Waals surface area (Å²) in [6.07, 6.45) is 0.938. The molecule has 9 heteroatoms. The van der Waals surface area contributed by atoms with Crippen LogP contribution in [0.1, 0.15) is 29.7 Å². The number of aryl methyl sites for hydroxylation is 2. The van der Waals surface area contributed by atoms with Crippen molar-refractivity contribution in [2.75, 3.05) is 32.1 Å². The molecule has 1 fully saturated rings. The SMILES string of the molecule is CCc1ccc(C(CN[C@H]2CS(=O)(=O)C[C@@H]2S(=O)(=O)c2ccc(F)c(C)c2)N(C)C)cc1. The summed E-state index contributed by atoms with van der Waals surface area (Å²) in [5, 5.41) is 2.10. The van der Waals surface area contributed by atoms with Crippen molar-refractivity contribution in [3.05, 3.63) is 65.0 Å². The Morgan fingerprint density at radius 3 is 2.34 bits per heavy atom. The maximum absolute atomic E-state index is 13.7. The molecule has 2 aromatic rings. The highest BCUT2D eigenvalue weighted by atomic mass is 32.2. The zero-order chi connectivity index (χ0) is 23.7. The van der Waals surface area contributed by atoms with E-state index in [1.807, 2.05) is 31.1 Å². The molecule has 0 aromatic heterocycles. The van der Waals surface area contributed by atoms with Gasteiger partial charge in [-0.1, -0.05) is 31.2 Å². The first-order chi connectivity index (χ1) is 14.9. The third kappa shape index (κ3) is 5.39. The van der Waals surface area contributed by atoms with E-state index < -0.39 is 42.5 Å². The van der Waals surface area contributed by atoms with Gasteiger partial charge in [0, 0.05) is 18.6 Å². The molecule has 1 N–H and O–H groups in total. The van der Waals surface area contributed by atoms with Gasteiger partial charge in [0.2, 0.25) is 0 Å². The molecule has 1 heterocycles. The van der Waals surface area contributed by atoms with E-state index in [4.69, 9.17) is 0 Å². The lowest BCUT2D eigenvalue weighted by Gasteiger charge is -2.28. The summed E-state index contributed by atoms with van der Waals surface area (Å²) in [7, 11) is -3.62. The van der Waals surface area contributed by atoms with Gasteiger partial charge in [0.05, 0.1) is 21.7 Å².